The first-order valence-corrected chi connectivity index (χ1v) is 8.54. The minimum Gasteiger partial charge on any atom is -0.304 e. The molecule has 124 valence electrons. The molecule has 1 aromatic carbocycles. The van der Waals surface area contributed by atoms with Crippen LogP contribution in [0.1, 0.15) is 22.8 Å². The van der Waals surface area contributed by atoms with Gasteiger partial charge in [-0.3, -0.25) is 14.2 Å². The summed E-state index contributed by atoms with van der Waals surface area (Å²) in [6.07, 6.45) is 5.03. The van der Waals surface area contributed by atoms with Crippen molar-refractivity contribution in [3.63, 3.8) is 0 Å². The largest absolute Gasteiger partial charge is 0.304 e. The van der Waals surface area contributed by atoms with Gasteiger partial charge in [0.15, 0.2) is 5.82 Å². The van der Waals surface area contributed by atoms with Crippen LogP contribution in [0, 0.1) is 0 Å². The molecule has 0 fully saturated rings. The molecule has 0 unspecified atom stereocenters. The average Bonchev–Trinajstić information content (AvgIpc) is 3.17. The van der Waals surface area contributed by atoms with E-state index in [-0.39, 0.29) is 5.91 Å². The highest BCUT2D eigenvalue weighted by Gasteiger charge is 2.14. The molecule has 1 amide bonds. The van der Waals surface area contributed by atoms with Gasteiger partial charge in [0, 0.05) is 24.0 Å². The van der Waals surface area contributed by atoms with Crippen LogP contribution in [0.25, 0.3) is 0 Å². The van der Waals surface area contributed by atoms with Gasteiger partial charge in [0.25, 0.3) is 5.91 Å². The van der Waals surface area contributed by atoms with Gasteiger partial charge >= 0.3 is 0 Å². The molecule has 0 saturated carbocycles. The van der Waals surface area contributed by atoms with Crippen molar-refractivity contribution in [2.45, 2.75) is 20.0 Å². The highest BCUT2D eigenvalue weighted by atomic mass is 79.9. The summed E-state index contributed by atoms with van der Waals surface area (Å²) in [5, 5.41) is 11.9. The van der Waals surface area contributed by atoms with Crippen LogP contribution < -0.4 is 5.32 Å². The van der Waals surface area contributed by atoms with E-state index in [1.165, 1.54) is 6.20 Å². The predicted octanol–water partition coefficient (Wildman–Crippen LogP) is 3.82. The van der Waals surface area contributed by atoms with E-state index in [2.05, 4.69) is 31.4 Å². The van der Waals surface area contributed by atoms with Gasteiger partial charge in [0.05, 0.1) is 22.8 Å². The maximum atomic E-state index is 12.3. The van der Waals surface area contributed by atoms with Crippen LogP contribution in [0.4, 0.5) is 5.82 Å². The van der Waals surface area contributed by atoms with Crippen LogP contribution in [0.15, 0.2) is 47.3 Å². The van der Waals surface area contributed by atoms with Gasteiger partial charge in [-0.2, -0.15) is 10.2 Å². The van der Waals surface area contributed by atoms with Crippen molar-refractivity contribution in [1.82, 2.24) is 19.6 Å². The van der Waals surface area contributed by atoms with Crippen LogP contribution in [-0.4, -0.2) is 25.5 Å². The van der Waals surface area contributed by atoms with Crippen LogP contribution in [0.2, 0.25) is 5.02 Å². The average molecular weight is 409 g/mol. The molecule has 3 aromatic rings. The standard InChI is InChI=1S/C16H15BrClN5O/c1-2-22-9-12(7-19-22)16(24)20-15-13(17)10-23(21-15)8-11-5-3-4-6-14(11)18/h3-7,9-10H,2,8H2,1H3,(H,20,21,24). The normalized spacial score (nSPS) is 10.8. The molecule has 6 nitrogen and oxygen atoms in total. The van der Waals surface area contributed by atoms with Gasteiger partial charge in [0.1, 0.15) is 0 Å². The van der Waals surface area contributed by atoms with Crippen molar-refractivity contribution < 1.29 is 4.79 Å². The summed E-state index contributed by atoms with van der Waals surface area (Å²) in [6, 6.07) is 7.58. The number of hydrogen-bond acceptors (Lipinski definition) is 3. The predicted molar refractivity (Wildman–Crippen MR) is 96.3 cm³/mol. The SMILES string of the molecule is CCn1cc(C(=O)Nc2nn(Cc3ccccc3Cl)cc2Br)cn1. The third-order valence-corrected chi connectivity index (χ3v) is 4.41. The van der Waals surface area contributed by atoms with Crippen molar-refractivity contribution in [3.05, 3.63) is 63.5 Å². The van der Waals surface area contributed by atoms with Crippen molar-refractivity contribution in [2.75, 3.05) is 5.32 Å². The smallest absolute Gasteiger partial charge is 0.260 e. The second-order valence-electron chi connectivity index (χ2n) is 5.15. The second-order valence-corrected chi connectivity index (χ2v) is 6.41. The van der Waals surface area contributed by atoms with E-state index in [1.54, 1.807) is 21.8 Å². The lowest BCUT2D eigenvalue weighted by molar-refractivity contribution is 0.102. The minimum atomic E-state index is -0.251. The molecule has 0 radical (unpaired) electrons. The number of nitrogens with one attached hydrogen (secondary N) is 1. The van der Waals surface area contributed by atoms with Gasteiger partial charge in [0.2, 0.25) is 0 Å². The summed E-state index contributed by atoms with van der Waals surface area (Å²) in [5.74, 6) is 0.203. The first kappa shape index (κ1) is 16.7. The molecule has 0 saturated heterocycles. The number of amides is 1. The number of aryl methyl sites for hydroxylation is 1. The molecule has 24 heavy (non-hydrogen) atoms. The van der Waals surface area contributed by atoms with Crippen molar-refractivity contribution >= 4 is 39.3 Å². The molecule has 0 bridgehead atoms. The third kappa shape index (κ3) is 3.68. The summed E-state index contributed by atoms with van der Waals surface area (Å²) in [7, 11) is 0. The van der Waals surface area contributed by atoms with Gasteiger partial charge < -0.3 is 5.32 Å². The molecule has 0 aliphatic heterocycles. The van der Waals surface area contributed by atoms with Crippen molar-refractivity contribution in [3.8, 4) is 0 Å². The zero-order chi connectivity index (χ0) is 17.1. The number of anilines is 1. The Morgan fingerprint density at radius 1 is 1.29 bits per heavy atom. The molecule has 8 heteroatoms. The van der Waals surface area contributed by atoms with Crippen LogP contribution in [0.5, 0.6) is 0 Å². The van der Waals surface area contributed by atoms with Crippen LogP contribution in [-0.2, 0) is 13.1 Å². The summed E-state index contributed by atoms with van der Waals surface area (Å²) >= 11 is 9.59. The summed E-state index contributed by atoms with van der Waals surface area (Å²) in [6.45, 7) is 3.19. The first-order valence-electron chi connectivity index (χ1n) is 7.37. The second kappa shape index (κ2) is 7.19. The van der Waals surface area contributed by atoms with E-state index in [9.17, 15) is 4.79 Å². The highest BCUT2D eigenvalue weighted by Crippen LogP contribution is 2.23. The fourth-order valence-electron chi connectivity index (χ4n) is 2.20. The Balaban J connectivity index is 1.74. The van der Waals surface area contributed by atoms with E-state index in [4.69, 9.17) is 11.6 Å². The maximum Gasteiger partial charge on any atom is 0.260 e. The molecular weight excluding hydrogens is 394 g/mol. The minimum absolute atomic E-state index is 0.251. The third-order valence-electron chi connectivity index (χ3n) is 3.46. The Bertz CT molecular complexity index is 873. The number of hydrogen-bond donors (Lipinski definition) is 1. The van der Waals surface area contributed by atoms with Crippen molar-refractivity contribution in [2.24, 2.45) is 0 Å². The number of nitrogens with zero attached hydrogens (tertiary/aromatic N) is 4. The molecular formula is C16H15BrClN5O. The number of aromatic nitrogens is 4. The zero-order valence-corrected chi connectivity index (χ0v) is 15.3. The molecule has 2 heterocycles. The van der Waals surface area contributed by atoms with Crippen molar-refractivity contribution in [1.29, 1.82) is 0 Å². The quantitative estimate of drug-likeness (QED) is 0.698. The Morgan fingerprint density at radius 3 is 2.79 bits per heavy atom. The Morgan fingerprint density at radius 2 is 2.08 bits per heavy atom. The number of carbonyl (C=O) groups is 1. The van der Waals surface area contributed by atoms with E-state index in [1.807, 2.05) is 31.2 Å². The molecule has 1 N–H and O–H groups in total. The lowest BCUT2D eigenvalue weighted by Crippen LogP contribution is -2.12. The number of benzene rings is 1. The van der Waals surface area contributed by atoms with E-state index in [0.717, 1.165) is 5.56 Å². The van der Waals surface area contributed by atoms with Gasteiger partial charge in [-0.15, -0.1) is 0 Å². The van der Waals surface area contributed by atoms with Gasteiger partial charge in [-0.25, -0.2) is 0 Å². The van der Waals surface area contributed by atoms with Crippen LogP contribution in [0.3, 0.4) is 0 Å². The maximum absolute atomic E-state index is 12.3. The number of halogens is 2. The van der Waals surface area contributed by atoms with E-state index < -0.39 is 0 Å². The molecule has 0 aliphatic carbocycles. The fourth-order valence-corrected chi connectivity index (χ4v) is 2.81. The topological polar surface area (TPSA) is 64.7 Å². The monoisotopic (exact) mass is 407 g/mol. The highest BCUT2D eigenvalue weighted by molar-refractivity contribution is 9.10. The molecule has 0 atom stereocenters. The molecule has 0 aliphatic rings. The summed E-state index contributed by atoms with van der Waals surface area (Å²) in [5.41, 5.74) is 1.45. The Kier molecular flexibility index (Phi) is 5.01. The number of carbonyl (C=O) groups excluding carboxylic acids is 1. The fraction of sp³-hybridized carbons (Fsp3) is 0.188. The Hall–Kier alpha value is -2.12. The van der Waals surface area contributed by atoms with E-state index in [0.29, 0.717) is 34.0 Å². The zero-order valence-electron chi connectivity index (χ0n) is 12.9. The Labute approximate surface area is 152 Å². The number of rotatable bonds is 5. The summed E-state index contributed by atoms with van der Waals surface area (Å²) in [4.78, 5) is 12.3. The lowest BCUT2D eigenvalue weighted by atomic mass is 10.2. The molecule has 2 aromatic heterocycles. The molecule has 0 spiro atoms. The van der Waals surface area contributed by atoms with Crippen LogP contribution >= 0.6 is 27.5 Å². The van der Waals surface area contributed by atoms with E-state index >= 15 is 0 Å². The van der Waals surface area contributed by atoms with Gasteiger partial charge in [-0.05, 0) is 34.5 Å². The lowest BCUT2D eigenvalue weighted by Gasteiger charge is -2.04. The van der Waals surface area contributed by atoms with Gasteiger partial charge in [-0.1, -0.05) is 29.8 Å². The summed E-state index contributed by atoms with van der Waals surface area (Å²) < 4.78 is 4.11. The molecule has 3 rings (SSSR count). The first-order chi connectivity index (χ1) is 11.6.